The first-order valence-corrected chi connectivity index (χ1v) is 8.43. The van der Waals surface area contributed by atoms with E-state index in [4.69, 9.17) is 11.6 Å². The summed E-state index contributed by atoms with van der Waals surface area (Å²) in [5.74, 6) is 0.0550. The standard InChI is InChI=1S/C18H17ClN4O/c19-13-4-5-15-16(6-8-20-17(15)11-13)18(24)23-10-1-3-14(23)12-22-9-2-7-21-22/h2,4-9,11,14H,1,3,10,12H2. The first-order chi connectivity index (χ1) is 11.7. The summed E-state index contributed by atoms with van der Waals surface area (Å²) in [4.78, 5) is 19.4. The highest BCUT2D eigenvalue weighted by molar-refractivity contribution is 6.31. The lowest BCUT2D eigenvalue weighted by molar-refractivity contribution is 0.0723. The van der Waals surface area contributed by atoms with E-state index in [1.54, 1.807) is 30.6 Å². The Balaban J connectivity index is 1.65. The van der Waals surface area contributed by atoms with Gasteiger partial charge in [0, 0.05) is 35.5 Å². The molecule has 0 radical (unpaired) electrons. The number of rotatable bonds is 3. The molecule has 3 aromatic rings. The Labute approximate surface area is 144 Å². The predicted molar refractivity (Wildman–Crippen MR) is 93.0 cm³/mol. The number of fused-ring (bicyclic) bond motifs is 1. The maximum absolute atomic E-state index is 13.1. The van der Waals surface area contributed by atoms with Crippen molar-refractivity contribution in [3.63, 3.8) is 0 Å². The Morgan fingerprint density at radius 2 is 2.21 bits per heavy atom. The van der Waals surface area contributed by atoms with Crippen molar-refractivity contribution in [2.75, 3.05) is 6.54 Å². The summed E-state index contributed by atoms with van der Waals surface area (Å²) in [7, 11) is 0. The number of benzene rings is 1. The number of carbonyl (C=O) groups excluding carboxylic acids is 1. The fourth-order valence-corrected chi connectivity index (χ4v) is 3.55. The molecule has 0 saturated carbocycles. The zero-order valence-corrected chi connectivity index (χ0v) is 13.9. The molecule has 1 saturated heterocycles. The molecule has 0 spiro atoms. The van der Waals surface area contributed by atoms with Crippen LogP contribution in [0.2, 0.25) is 5.02 Å². The third kappa shape index (κ3) is 2.76. The highest BCUT2D eigenvalue weighted by atomic mass is 35.5. The van der Waals surface area contributed by atoms with Gasteiger partial charge in [-0.15, -0.1) is 0 Å². The molecule has 1 fully saturated rings. The maximum Gasteiger partial charge on any atom is 0.254 e. The van der Waals surface area contributed by atoms with Crippen molar-refractivity contribution in [3.8, 4) is 0 Å². The average molecular weight is 341 g/mol. The van der Waals surface area contributed by atoms with Gasteiger partial charge in [-0.1, -0.05) is 17.7 Å². The minimum atomic E-state index is 0.0550. The molecule has 1 aliphatic rings. The van der Waals surface area contributed by atoms with Gasteiger partial charge < -0.3 is 4.90 Å². The Morgan fingerprint density at radius 1 is 1.29 bits per heavy atom. The number of hydrogen-bond acceptors (Lipinski definition) is 3. The van der Waals surface area contributed by atoms with E-state index in [9.17, 15) is 4.79 Å². The second-order valence-corrected chi connectivity index (χ2v) is 6.48. The molecule has 1 amide bonds. The van der Waals surface area contributed by atoms with Gasteiger partial charge in [0.2, 0.25) is 0 Å². The molecule has 4 rings (SSSR count). The lowest BCUT2D eigenvalue weighted by Gasteiger charge is -2.25. The first-order valence-electron chi connectivity index (χ1n) is 8.05. The lowest BCUT2D eigenvalue weighted by Crippen LogP contribution is -2.38. The summed E-state index contributed by atoms with van der Waals surface area (Å²) < 4.78 is 1.89. The third-order valence-corrected chi connectivity index (χ3v) is 4.77. The molecule has 0 N–H and O–H groups in total. The summed E-state index contributed by atoms with van der Waals surface area (Å²) in [6.45, 7) is 1.51. The molecule has 1 atom stereocenters. The number of carbonyl (C=O) groups is 1. The van der Waals surface area contributed by atoms with E-state index in [0.29, 0.717) is 10.6 Å². The van der Waals surface area contributed by atoms with Gasteiger partial charge in [0.25, 0.3) is 5.91 Å². The molecule has 6 heteroatoms. The summed E-state index contributed by atoms with van der Waals surface area (Å²) in [6, 6.07) is 9.33. The predicted octanol–water partition coefficient (Wildman–Crippen LogP) is 3.39. The highest BCUT2D eigenvalue weighted by Crippen LogP contribution is 2.26. The fraction of sp³-hybridized carbons (Fsp3) is 0.278. The summed E-state index contributed by atoms with van der Waals surface area (Å²) in [5.41, 5.74) is 1.43. The van der Waals surface area contributed by atoms with Crippen LogP contribution in [0.1, 0.15) is 23.2 Å². The van der Waals surface area contributed by atoms with Crippen LogP contribution in [0.25, 0.3) is 10.9 Å². The molecular weight excluding hydrogens is 324 g/mol. The van der Waals surface area contributed by atoms with Crippen molar-refractivity contribution in [1.82, 2.24) is 19.7 Å². The van der Waals surface area contributed by atoms with Gasteiger partial charge in [0.05, 0.1) is 23.7 Å². The molecule has 0 aliphatic carbocycles. The van der Waals surface area contributed by atoms with Crippen LogP contribution in [0.3, 0.4) is 0 Å². The minimum absolute atomic E-state index is 0.0550. The zero-order chi connectivity index (χ0) is 16.5. The number of halogens is 1. The van der Waals surface area contributed by atoms with E-state index in [-0.39, 0.29) is 11.9 Å². The summed E-state index contributed by atoms with van der Waals surface area (Å²) in [6.07, 6.45) is 7.39. The van der Waals surface area contributed by atoms with Crippen LogP contribution in [-0.4, -0.2) is 38.2 Å². The average Bonchev–Trinajstić information content (AvgIpc) is 3.25. The molecule has 5 nitrogen and oxygen atoms in total. The monoisotopic (exact) mass is 340 g/mol. The van der Waals surface area contributed by atoms with E-state index in [0.717, 1.165) is 36.8 Å². The largest absolute Gasteiger partial charge is 0.334 e. The van der Waals surface area contributed by atoms with Crippen LogP contribution in [0, 0.1) is 0 Å². The van der Waals surface area contributed by atoms with Crippen molar-refractivity contribution in [1.29, 1.82) is 0 Å². The Hall–Kier alpha value is -2.40. The number of amides is 1. The summed E-state index contributed by atoms with van der Waals surface area (Å²) >= 11 is 6.04. The third-order valence-electron chi connectivity index (χ3n) is 4.53. The molecule has 1 aromatic carbocycles. The number of hydrogen-bond donors (Lipinski definition) is 0. The maximum atomic E-state index is 13.1. The topological polar surface area (TPSA) is 51.0 Å². The van der Waals surface area contributed by atoms with E-state index in [1.807, 2.05) is 27.9 Å². The lowest BCUT2D eigenvalue weighted by atomic mass is 10.1. The molecule has 24 heavy (non-hydrogen) atoms. The second-order valence-electron chi connectivity index (χ2n) is 6.04. The number of pyridine rings is 1. The van der Waals surface area contributed by atoms with Crippen LogP contribution in [0.15, 0.2) is 48.9 Å². The van der Waals surface area contributed by atoms with E-state index in [1.165, 1.54) is 0 Å². The normalized spacial score (nSPS) is 17.5. The van der Waals surface area contributed by atoms with Crippen molar-refractivity contribution in [2.45, 2.75) is 25.4 Å². The Bertz CT molecular complexity index is 878. The molecular formula is C18H17ClN4O. The second kappa shape index (κ2) is 6.24. The fourth-order valence-electron chi connectivity index (χ4n) is 3.38. The van der Waals surface area contributed by atoms with Crippen molar-refractivity contribution in [3.05, 3.63) is 59.5 Å². The highest BCUT2D eigenvalue weighted by Gasteiger charge is 2.30. The smallest absolute Gasteiger partial charge is 0.254 e. The van der Waals surface area contributed by atoms with E-state index in [2.05, 4.69) is 10.1 Å². The van der Waals surface area contributed by atoms with Gasteiger partial charge in [-0.2, -0.15) is 5.10 Å². The molecule has 3 heterocycles. The molecule has 2 aromatic heterocycles. The van der Waals surface area contributed by atoms with Crippen LogP contribution >= 0.6 is 11.6 Å². The zero-order valence-electron chi connectivity index (χ0n) is 13.1. The minimum Gasteiger partial charge on any atom is -0.334 e. The van der Waals surface area contributed by atoms with Gasteiger partial charge >= 0.3 is 0 Å². The van der Waals surface area contributed by atoms with Crippen LogP contribution in [-0.2, 0) is 6.54 Å². The molecule has 122 valence electrons. The summed E-state index contributed by atoms with van der Waals surface area (Å²) in [5, 5.41) is 5.73. The van der Waals surface area contributed by atoms with Crippen molar-refractivity contribution >= 4 is 28.4 Å². The van der Waals surface area contributed by atoms with E-state index < -0.39 is 0 Å². The SMILES string of the molecule is O=C(c1ccnc2cc(Cl)ccc12)N1CCCC1Cn1cccn1. The van der Waals surface area contributed by atoms with Gasteiger partial charge in [-0.25, -0.2) is 0 Å². The quantitative estimate of drug-likeness (QED) is 0.734. The van der Waals surface area contributed by atoms with Gasteiger partial charge in [0.1, 0.15) is 0 Å². The molecule has 1 unspecified atom stereocenters. The molecule has 1 aliphatic heterocycles. The Kier molecular flexibility index (Phi) is 3.94. The number of aromatic nitrogens is 3. The van der Waals surface area contributed by atoms with Crippen LogP contribution in [0.5, 0.6) is 0 Å². The van der Waals surface area contributed by atoms with Gasteiger partial charge in [0.15, 0.2) is 0 Å². The number of likely N-dealkylation sites (tertiary alicyclic amines) is 1. The van der Waals surface area contributed by atoms with Crippen LogP contribution in [0.4, 0.5) is 0 Å². The van der Waals surface area contributed by atoms with Gasteiger partial charge in [-0.3, -0.25) is 14.5 Å². The number of nitrogens with zero attached hydrogens (tertiary/aromatic N) is 4. The van der Waals surface area contributed by atoms with Crippen molar-refractivity contribution < 1.29 is 4.79 Å². The Morgan fingerprint density at radius 3 is 3.04 bits per heavy atom. The molecule has 0 bridgehead atoms. The van der Waals surface area contributed by atoms with E-state index >= 15 is 0 Å². The first kappa shape index (κ1) is 15.1. The van der Waals surface area contributed by atoms with Crippen molar-refractivity contribution in [2.24, 2.45) is 0 Å². The van der Waals surface area contributed by atoms with Gasteiger partial charge in [-0.05, 0) is 37.1 Å². The van der Waals surface area contributed by atoms with Crippen LogP contribution < -0.4 is 0 Å².